The lowest BCUT2D eigenvalue weighted by atomic mass is 10.0. The minimum Gasteiger partial charge on any atom is -0.388 e. The molecule has 1 unspecified atom stereocenters. The van der Waals surface area contributed by atoms with Crippen LogP contribution < -0.4 is 0 Å². The summed E-state index contributed by atoms with van der Waals surface area (Å²) in [4.78, 5) is 0. The normalized spacial score (nSPS) is 12.5. The van der Waals surface area contributed by atoms with Crippen molar-refractivity contribution in [3.05, 3.63) is 68.2 Å². The fraction of sp³-hybridized carbons (Fsp3) is 0.200. The summed E-state index contributed by atoms with van der Waals surface area (Å²) in [5, 5.41) is 11.9. The van der Waals surface area contributed by atoms with Crippen molar-refractivity contribution >= 4 is 34.8 Å². The number of aryl methyl sites for hydroxylation is 1. The molecule has 1 N–H and O–H groups in total. The number of hydrogen-bond donors (Lipinski definition) is 1. The molecule has 0 amide bonds. The summed E-state index contributed by atoms with van der Waals surface area (Å²) >= 11 is 18.3. The van der Waals surface area contributed by atoms with E-state index in [9.17, 15) is 5.11 Å². The second-order valence-corrected chi connectivity index (χ2v) is 5.67. The van der Waals surface area contributed by atoms with Gasteiger partial charge in [0.05, 0.1) is 6.10 Å². The van der Waals surface area contributed by atoms with Crippen molar-refractivity contribution in [3.8, 4) is 0 Å². The zero-order chi connectivity index (χ0) is 14.0. The van der Waals surface area contributed by atoms with Crippen LogP contribution in [0.4, 0.5) is 0 Å². The first-order chi connectivity index (χ1) is 8.99. The molecular weight excluding hydrogens is 303 g/mol. The van der Waals surface area contributed by atoms with E-state index in [2.05, 4.69) is 0 Å². The molecule has 4 heteroatoms. The maximum Gasteiger partial charge on any atom is 0.0859 e. The second kappa shape index (κ2) is 6.15. The Hall–Kier alpha value is -0.730. The maximum atomic E-state index is 10.3. The Bertz CT molecular complexity index is 576. The maximum absolute atomic E-state index is 10.3. The number of benzene rings is 2. The summed E-state index contributed by atoms with van der Waals surface area (Å²) in [6, 6.07) is 10.9. The predicted octanol–water partition coefficient (Wildman–Crippen LogP) is 5.23. The zero-order valence-electron chi connectivity index (χ0n) is 10.3. The van der Waals surface area contributed by atoms with Crippen LogP contribution in [-0.4, -0.2) is 5.11 Å². The van der Waals surface area contributed by atoms with Gasteiger partial charge in [-0.1, -0.05) is 53.0 Å². The van der Waals surface area contributed by atoms with Crippen molar-refractivity contribution in [3.63, 3.8) is 0 Å². The van der Waals surface area contributed by atoms with Crippen molar-refractivity contribution in [1.82, 2.24) is 0 Å². The molecule has 2 aromatic rings. The van der Waals surface area contributed by atoms with Crippen molar-refractivity contribution in [1.29, 1.82) is 0 Å². The van der Waals surface area contributed by atoms with Gasteiger partial charge in [-0.05, 0) is 36.2 Å². The lowest BCUT2D eigenvalue weighted by Gasteiger charge is -2.15. The van der Waals surface area contributed by atoms with Crippen LogP contribution >= 0.6 is 34.8 Å². The lowest BCUT2D eigenvalue weighted by Crippen LogP contribution is -2.04. The highest BCUT2D eigenvalue weighted by Gasteiger charge is 2.17. The number of halogens is 3. The topological polar surface area (TPSA) is 20.2 Å². The molecule has 0 bridgehead atoms. The van der Waals surface area contributed by atoms with E-state index >= 15 is 0 Å². The monoisotopic (exact) mass is 314 g/mol. The van der Waals surface area contributed by atoms with Crippen molar-refractivity contribution in [2.24, 2.45) is 0 Å². The number of aliphatic hydroxyl groups excluding tert-OH is 1. The van der Waals surface area contributed by atoms with Crippen LogP contribution in [0, 0.1) is 6.92 Å². The molecule has 0 aliphatic heterocycles. The number of rotatable bonds is 3. The zero-order valence-corrected chi connectivity index (χ0v) is 12.6. The third kappa shape index (κ3) is 3.43. The van der Waals surface area contributed by atoms with Gasteiger partial charge in [0.2, 0.25) is 0 Å². The molecule has 0 spiro atoms. The minimum absolute atomic E-state index is 0.378. The molecule has 0 heterocycles. The fourth-order valence-electron chi connectivity index (χ4n) is 1.96. The average molecular weight is 316 g/mol. The Morgan fingerprint density at radius 2 is 1.63 bits per heavy atom. The van der Waals surface area contributed by atoms with E-state index in [1.165, 1.54) is 0 Å². The minimum atomic E-state index is -0.776. The van der Waals surface area contributed by atoms with Crippen LogP contribution in [0.2, 0.25) is 15.1 Å². The molecule has 2 rings (SSSR count). The summed E-state index contributed by atoms with van der Waals surface area (Å²) < 4.78 is 0. The third-order valence-corrected chi connectivity index (χ3v) is 3.97. The van der Waals surface area contributed by atoms with Crippen molar-refractivity contribution in [2.45, 2.75) is 19.4 Å². The number of aliphatic hydroxyl groups is 1. The first-order valence-corrected chi connectivity index (χ1v) is 6.99. The molecule has 100 valence electrons. The van der Waals surface area contributed by atoms with E-state index in [-0.39, 0.29) is 0 Å². The van der Waals surface area contributed by atoms with E-state index < -0.39 is 6.10 Å². The molecular formula is C15H13Cl3O. The quantitative estimate of drug-likeness (QED) is 0.822. The van der Waals surface area contributed by atoms with Gasteiger partial charge < -0.3 is 5.11 Å². The van der Waals surface area contributed by atoms with Crippen LogP contribution in [-0.2, 0) is 6.42 Å². The molecule has 19 heavy (non-hydrogen) atoms. The van der Waals surface area contributed by atoms with Crippen LogP contribution in [0.5, 0.6) is 0 Å². The van der Waals surface area contributed by atoms with E-state index in [0.717, 1.165) is 11.1 Å². The van der Waals surface area contributed by atoms with Crippen LogP contribution in [0.25, 0.3) is 0 Å². The molecule has 0 saturated heterocycles. The molecule has 0 radical (unpaired) electrons. The van der Waals surface area contributed by atoms with E-state index in [0.29, 0.717) is 27.1 Å². The summed E-state index contributed by atoms with van der Waals surface area (Å²) in [6.45, 7) is 1.97. The standard InChI is InChI=1S/C15H13Cl3O/c1-9-5-6-10(13(18)7-9)8-14(19)15-11(16)3-2-4-12(15)17/h2-7,14,19H,8H2,1H3. The molecule has 0 aliphatic carbocycles. The Morgan fingerprint density at radius 3 is 2.21 bits per heavy atom. The van der Waals surface area contributed by atoms with Gasteiger partial charge in [0.15, 0.2) is 0 Å². The lowest BCUT2D eigenvalue weighted by molar-refractivity contribution is 0.178. The van der Waals surface area contributed by atoms with Gasteiger partial charge in [0, 0.05) is 27.1 Å². The van der Waals surface area contributed by atoms with Gasteiger partial charge >= 0.3 is 0 Å². The Balaban J connectivity index is 2.28. The summed E-state index contributed by atoms with van der Waals surface area (Å²) in [7, 11) is 0. The highest BCUT2D eigenvalue weighted by molar-refractivity contribution is 6.36. The Labute approximate surface area is 127 Å². The van der Waals surface area contributed by atoms with Gasteiger partial charge in [0.25, 0.3) is 0 Å². The van der Waals surface area contributed by atoms with Gasteiger partial charge in [-0.3, -0.25) is 0 Å². The largest absolute Gasteiger partial charge is 0.388 e. The number of hydrogen-bond acceptors (Lipinski definition) is 1. The first kappa shape index (κ1) is 14.7. The third-order valence-electron chi connectivity index (χ3n) is 2.95. The predicted molar refractivity (Wildman–Crippen MR) is 81.3 cm³/mol. The van der Waals surface area contributed by atoms with Crippen LogP contribution in [0.3, 0.4) is 0 Å². The average Bonchev–Trinajstić information content (AvgIpc) is 2.32. The molecule has 0 saturated carbocycles. The molecule has 1 atom stereocenters. The first-order valence-electron chi connectivity index (χ1n) is 5.86. The smallest absolute Gasteiger partial charge is 0.0859 e. The van der Waals surface area contributed by atoms with E-state index in [1.807, 2.05) is 25.1 Å². The van der Waals surface area contributed by atoms with Gasteiger partial charge in [-0.25, -0.2) is 0 Å². The van der Waals surface area contributed by atoms with Crippen molar-refractivity contribution < 1.29 is 5.11 Å². The molecule has 0 aliphatic rings. The SMILES string of the molecule is Cc1ccc(CC(O)c2c(Cl)cccc2Cl)c(Cl)c1. The van der Waals surface area contributed by atoms with Gasteiger partial charge in [0.1, 0.15) is 0 Å². The molecule has 0 fully saturated rings. The highest BCUT2D eigenvalue weighted by Crippen LogP contribution is 2.33. The van der Waals surface area contributed by atoms with E-state index in [1.54, 1.807) is 18.2 Å². The molecule has 0 aromatic heterocycles. The Kier molecular flexibility index (Phi) is 4.75. The van der Waals surface area contributed by atoms with Crippen LogP contribution in [0.15, 0.2) is 36.4 Å². The Morgan fingerprint density at radius 1 is 1.00 bits per heavy atom. The summed E-state index contributed by atoms with van der Waals surface area (Å²) in [6.07, 6.45) is -0.399. The molecule has 1 nitrogen and oxygen atoms in total. The second-order valence-electron chi connectivity index (χ2n) is 4.45. The fourth-order valence-corrected chi connectivity index (χ4v) is 2.92. The summed E-state index contributed by atoms with van der Waals surface area (Å²) in [5.41, 5.74) is 2.50. The van der Waals surface area contributed by atoms with Crippen molar-refractivity contribution in [2.75, 3.05) is 0 Å². The highest BCUT2D eigenvalue weighted by atomic mass is 35.5. The van der Waals surface area contributed by atoms with Gasteiger partial charge in [-0.15, -0.1) is 0 Å². The van der Waals surface area contributed by atoms with E-state index in [4.69, 9.17) is 34.8 Å². The van der Waals surface area contributed by atoms with Gasteiger partial charge in [-0.2, -0.15) is 0 Å². The summed E-state index contributed by atoms with van der Waals surface area (Å²) in [5.74, 6) is 0. The molecule has 2 aromatic carbocycles. The van der Waals surface area contributed by atoms with Crippen LogP contribution in [0.1, 0.15) is 22.8 Å².